The van der Waals surface area contributed by atoms with Gasteiger partial charge in [-0.3, -0.25) is 0 Å². The van der Waals surface area contributed by atoms with Crippen LogP contribution in [0.15, 0.2) is 12.1 Å². The van der Waals surface area contributed by atoms with Crippen LogP contribution in [-0.2, 0) is 12.4 Å². The Labute approximate surface area is 133 Å². The lowest BCUT2D eigenvalue weighted by Gasteiger charge is -2.24. The van der Waals surface area contributed by atoms with E-state index in [1.165, 1.54) is 0 Å². The molecule has 1 aromatic rings. The maximum Gasteiger partial charge on any atom is 0.416 e. The Kier molecular flexibility index (Phi) is 7.32. The van der Waals surface area contributed by atoms with E-state index in [1.54, 1.807) is 6.92 Å². The number of nitrogens with two attached hydrogens (primary N) is 1. The first kappa shape index (κ1) is 21.9. The van der Waals surface area contributed by atoms with E-state index in [0.717, 1.165) is 0 Å². The van der Waals surface area contributed by atoms with E-state index in [9.17, 15) is 35.8 Å². The van der Waals surface area contributed by atoms with Crippen LogP contribution in [-0.4, -0.2) is 11.2 Å². The van der Waals surface area contributed by atoms with Gasteiger partial charge in [-0.05, 0) is 18.6 Å². The van der Waals surface area contributed by atoms with Crippen molar-refractivity contribution in [2.75, 3.05) is 0 Å². The molecule has 0 heterocycles. The largest absolute Gasteiger partial charge is 0.416 e. The SMILES string of the molecule is CCC[C@H](O)[C@H](N)c1c(F)cc(C(F)(F)F)cc1C(F)(F)F.Cl. The highest BCUT2D eigenvalue weighted by Crippen LogP contribution is 2.40. The highest BCUT2D eigenvalue weighted by molar-refractivity contribution is 5.85. The zero-order chi connectivity index (χ0) is 17.3. The molecule has 0 aliphatic heterocycles. The van der Waals surface area contributed by atoms with Crippen molar-refractivity contribution in [2.45, 2.75) is 44.3 Å². The minimum absolute atomic E-state index is 0. The molecule has 134 valence electrons. The Bertz CT molecular complexity index is 530. The second kappa shape index (κ2) is 7.67. The summed E-state index contributed by atoms with van der Waals surface area (Å²) in [7, 11) is 0. The molecule has 0 bridgehead atoms. The van der Waals surface area contributed by atoms with Crippen LogP contribution in [0.4, 0.5) is 30.7 Å². The first-order chi connectivity index (χ1) is 9.89. The molecule has 0 aromatic heterocycles. The van der Waals surface area contributed by atoms with Gasteiger partial charge in [0, 0.05) is 5.56 Å². The van der Waals surface area contributed by atoms with Crippen molar-refractivity contribution in [1.29, 1.82) is 0 Å². The smallest absolute Gasteiger partial charge is 0.391 e. The molecule has 3 N–H and O–H groups in total. The molecule has 1 aromatic carbocycles. The number of rotatable bonds is 4. The number of aliphatic hydroxyl groups excluding tert-OH is 1. The minimum atomic E-state index is -5.24. The summed E-state index contributed by atoms with van der Waals surface area (Å²) < 4.78 is 90.2. The number of aliphatic hydroxyl groups is 1. The first-order valence-corrected chi connectivity index (χ1v) is 6.31. The third-order valence-corrected chi connectivity index (χ3v) is 3.09. The fourth-order valence-corrected chi connectivity index (χ4v) is 2.02. The third kappa shape index (κ3) is 5.22. The highest BCUT2D eigenvalue weighted by Gasteiger charge is 2.41. The molecule has 0 spiro atoms. The topological polar surface area (TPSA) is 46.2 Å². The Morgan fingerprint density at radius 2 is 1.61 bits per heavy atom. The van der Waals surface area contributed by atoms with Crippen molar-refractivity contribution >= 4 is 12.4 Å². The van der Waals surface area contributed by atoms with Crippen molar-refractivity contribution in [3.63, 3.8) is 0 Å². The van der Waals surface area contributed by atoms with Gasteiger partial charge >= 0.3 is 12.4 Å². The van der Waals surface area contributed by atoms with Crippen molar-refractivity contribution in [2.24, 2.45) is 5.73 Å². The van der Waals surface area contributed by atoms with E-state index in [1.807, 2.05) is 0 Å². The molecule has 0 saturated heterocycles. The van der Waals surface area contributed by atoms with Crippen molar-refractivity contribution in [3.05, 3.63) is 34.6 Å². The zero-order valence-corrected chi connectivity index (χ0v) is 12.6. The van der Waals surface area contributed by atoms with Gasteiger partial charge in [-0.1, -0.05) is 13.3 Å². The molecule has 2 atom stereocenters. The Morgan fingerprint density at radius 1 is 1.09 bits per heavy atom. The molecule has 10 heteroatoms. The molecule has 0 saturated carbocycles. The number of halogens is 8. The monoisotopic (exact) mass is 369 g/mol. The lowest BCUT2D eigenvalue weighted by molar-refractivity contribution is -0.144. The maximum atomic E-state index is 13.8. The van der Waals surface area contributed by atoms with Crippen LogP contribution in [0, 0.1) is 5.82 Å². The molecule has 1 rings (SSSR count). The summed E-state index contributed by atoms with van der Waals surface area (Å²) in [4.78, 5) is 0. The predicted molar refractivity (Wildman–Crippen MR) is 71.5 cm³/mol. The number of hydrogen-bond donors (Lipinski definition) is 2. The van der Waals surface area contributed by atoms with Gasteiger partial charge in [0.25, 0.3) is 0 Å². The van der Waals surface area contributed by atoms with Gasteiger partial charge in [-0.2, -0.15) is 26.3 Å². The molecule has 23 heavy (non-hydrogen) atoms. The van der Waals surface area contributed by atoms with Crippen molar-refractivity contribution < 1.29 is 35.8 Å². The van der Waals surface area contributed by atoms with E-state index >= 15 is 0 Å². The zero-order valence-electron chi connectivity index (χ0n) is 11.8. The van der Waals surface area contributed by atoms with Crippen molar-refractivity contribution in [1.82, 2.24) is 0 Å². The summed E-state index contributed by atoms with van der Waals surface area (Å²) in [6.07, 6.45) is -11.5. The quantitative estimate of drug-likeness (QED) is 0.770. The lowest BCUT2D eigenvalue weighted by Crippen LogP contribution is -2.30. The van der Waals surface area contributed by atoms with Gasteiger partial charge in [-0.25, -0.2) is 4.39 Å². The average molecular weight is 370 g/mol. The van der Waals surface area contributed by atoms with Crippen LogP contribution in [0.2, 0.25) is 0 Å². The summed E-state index contributed by atoms with van der Waals surface area (Å²) in [5, 5.41) is 9.63. The molecule has 0 aliphatic rings. The number of alkyl halides is 6. The number of benzene rings is 1. The second-order valence-corrected chi connectivity index (χ2v) is 4.80. The normalized spacial score (nSPS) is 15.0. The van der Waals surface area contributed by atoms with Crippen LogP contribution < -0.4 is 5.73 Å². The molecule has 0 amide bonds. The first-order valence-electron chi connectivity index (χ1n) is 6.31. The van der Waals surface area contributed by atoms with Gasteiger partial charge in [0.15, 0.2) is 0 Å². The molecule has 0 fully saturated rings. The molecular weight excluding hydrogens is 355 g/mol. The van der Waals surface area contributed by atoms with Crippen LogP contribution in [0.3, 0.4) is 0 Å². The summed E-state index contributed by atoms with van der Waals surface area (Å²) in [6.45, 7) is 1.61. The third-order valence-electron chi connectivity index (χ3n) is 3.09. The van der Waals surface area contributed by atoms with E-state index < -0.39 is 47.0 Å². The maximum absolute atomic E-state index is 13.8. The second-order valence-electron chi connectivity index (χ2n) is 4.80. The Hall–Kier alpha value is -1.06. The molecular formula is C13H15ClF7NO. The summed E-state index contributed by atoms with van der Waals surface area (Å²) in [5.74, 6) is -1.75. The fraction of sp³-hybridized carbons (Fsp3) is 0.538. The van der Waals surface area contributed by atoms with Crippen LogP contribution >= 0.6 is 12.4 Å². The van der Waals surface area contributed by atoms with Gasteiger partial charge in [-0.15, -0.1) is 12.4 Å². The van der Waals surface area contributed by atoms with E-state index in [4.69, 9.17) is 5.73 Å². The number of hydrogen-bond acceptors (Lipinski definition) is 2. The Balaban J connectivity index is 0.00000484. The molecule has 0 unspecified atom stereocenters. The summed E-state index contributed by atoms with van der Waals surface area (Å²) in [5.41, 5.74) is 0.649. The van der Waals surface area contributed by atoms with Gasteiger partial charge < -0.3 is 10.8 Å². The van der Waals surface area contributed by atoms with Gasteiger partial charge in [0.05, 0.1) is 23.3 Å². The molecule has 0 radical (unpaired) electrons. The summed E-state index contributed by atoms with van der Waals surface area (Å²) >= 11 is 0. The average Bonchev–Trinajstić information content (AvgIpc) is 2.35. The highest BCUT2D eigenvalue weighted by atomic mass is 35.5. The standard InChI is InChI=1S/C13H14F7NO.ClH/c1-2-3-9(22)11(21)10-7(13(18,19)20)4-6(5-8(10)14)12(15,16)17;/h4-5,9,11,22H,2-3,21H2,1H3;1H/t9-,11-;/m0./s1. The molecule has 2 nitrogen and oxygen atoms in total. The van der Waals surface area contributed by atoms with E-state index in [-0.39, 0.29) is 31.0 Å². The fourth-order valence-electron chi connectivity index (χ4n) is 2.02. The van der Waals surface area contributed by atoms with Gasteiger partial charge in [0.2, 0.25) is 0 Å². The van der Waals surface area contributed by atoms with Crippen molar-refractivity contribution in [3.8, 4) is 0 Å². The predicted octanol–water partition coefficient (Wildman–Crippen LogP) is 4.45. The summed E-state index contributed by atoms with van der Waals surface area (Å²) in [6, 6.07) is -2.03. The van der Waals surface area contributed by atoms with E-state index in [0.29, 0.717) is 6.42 Å². The lowest BCUT2D eigenvalue weighted by atomic mass is 9.92. The van der Waals surface area contributed by atoms with Gasteiger partial charge in [0.1, 0.15) is 5.82 Å². The van der Waals surface area contributed by atoms with E-state index in [2.05, 4.69) is 0 Å². The van der Waals surface area contributed by atoms with Crippen LogP contribution in [0.1, 0.15) is 42.5 Å². The van der Waals surface area contributed by atoms with Crippen LogP contribution in [0.5, 0.6) is 0 Å². The molecule has 0 aliphatic carbocycles. The minimum Gasteiger partial charge on any atom is -0.391 e. The van der Waals surface area contributed by atoms with Crippen LogP contribution in [0.25, 0.3) is 0 Å². The Morgan fingerprint density at radius 3 is 2.00 bits per heavy atom.